The van der Waals surface area contributed by atoms with Gasteiger partial charge >= 0.3 is 0 Å². The van der Waals surface area contributed by atoms with Crippen LogP contribution >= 0.6 is 22.6 Å². The van der Waals surface area contributed by atoms with Gasteiger partial charge in [0.25, 0.3) is 0 Å². The van der Waals surface area contributed by atoms with Gasteiger partial charge in [0.1, 0.15) is 0 Å². The molecule has 0 radical (unpaired) electrons. The summed E-state index contributed by atoms with van der Waals surface area (Å²) in [7, 11) is 0. The van der Waals surface area contributed by atoms with Crippen molar-refractivity contribution in [2.75, 3.05) is 11.0 Å². The van der Waals surface area contributed by atoms with Gasteiger partial charge in [-0.3, -0.25) is 0 Å². The van der Waals surface area contributed by atoms with E-state index < -0.39 is 0 Å². The van der Waals surface area contributed by atoms with E-state index in [1.165, 1.54) is 19.3 Å². The average Bonchev–Trinajstić information content (AvgIpc) is 2.55. The Bertz CT molecular complexity index is 265. The molecule has 98 valence electrons. The number of rotatable bonds is 1. The van der Waals surface area contributed by atoms with Crippen molar-refractivity contribution in [3.8, 4) is 0 Å². The largest absolute Gasteiger partial charge is 0.377 e. The van der Waals surface area contributed by atoms with Crippen LogP contribution in [-0.2, 0) is 14.2 Å². The number of hydrogen-bond acceptors (Lipinski definition) is 3. The average molecular weight is 352 g/mol. The highest BCUT2D eigenvalue weighted by molar-refractivity contribution is 14.1. The first-order valence-corrected chi connectivity index (χ1v) is 8.37. The van der Waals surface area contributed by atoms with Crippen LogP contribution in [0, 0.1) is 0 Å². The molecule has 0 bridgehead atoms. The normalized spacial score (nSPS) is 41.1. The second-order valence-corrected chi connectivity index (χ2v) is 6.34. The van der Waals surface area contributed by atoms with Crippen LogP contribution < -0.4 is 0 Å². The maximum absolute atomic E-state index is 6.30. The van der Waals surface area contributed by atoms with Crippen LogP contribution in [0.25, 0.3) is 0 Å². The summed E-state index contributed by atoms with van der Waals surface area (Å²) in [6.07, 6.45) is 8.95. The summed E-state index contributed by atoms with van der Waals surface area (Å²) in [5.41, 5.74) is 0. The zero-order valence-electron chi connectivity index (χ0n) is 10.2. The Morgan fingerprint density at radius 1 is 1.06 bits per heavy atom. The van der Waals surface area contributed by atoms with Gasteiger partial charge in [-0.05, 0) is 19.3 Å². The number of ether oxygens (including phenoxy) is 3. The van der Waals surface area contributed by atoms with Gasteiger partial charge in [0.15, 0.2) is 5.79 Å². The molecule has 2 saturated heterocycles. The van der Waals surface area contributed by atoms with Crippen molar-refractivity contribution in [3.63, 3.8) is 0 Å². The fourth-order valence-corrected chi connectivity index (χ4v) is 3.90. The molecule has 3 atom stereocenters. The summed E-state index contributed by atoms with van der Waals surface area (Å²) in [5.74, 6) is -0.221. The molecule has 1 saturated carbocycles. The van der Waals surface area contributed by atoms with Crippen LogP contribution in [0.2, 0.25) is 0 Å². The predicted molar refractivity (Wildman–Crippen MR) is 73.4 cm³/mol. The quantitative estimate of drug-likeness (QED) is 0.536. The zero-order chi connectivity index (χ0) is 11.7. The maximum atomic E-state index is 6.30. The van der Waals surface area contributed by atoms with Crippen molar-refractivity contribution in [3.05, 3.63) is 0 Å². The van der Waals surface area contributed by atoms with E-state index in [1.54, 1.807) is 0 Å². The third-order valence-electron chi connectivity index (χ3n) is 4.19. The van der Waals surface area contributed by atoms with E-state index in [4.69, 9.17) is 14.2 Å². The molecular weight excluding hydrogens is 331 g/mol. The molecule has 4 heteroatoms. The topological polar surface area (TPSA) is 27.7 Å². The van der Waals surface area contributed by atoms with Gasteiger partial charge in [-0.25, -0.2) is 0 Å². The molecule has 0 aromatic carbocycles. The molecule has 3 fully saturated rings. The molecule has 0 aromatic rings. The van der Waals surface area contributed by atoms with E-state index in [2.05, 4.69) is 22.6 Å². The highest BCUT2D eigenvalue weighted by Crippen LogP contribution is 2.43. The molecular formula is C13H21IO3. The van der Waals surface area contributed by atoms with Gasteiger partial charge in [-0.15, -0.1) is 0 Å². The van der Waals surface area contributed by atoms with Gasteiger partial charge in [0.2, 0.25) is 0 Å². The lowest BCUT2D eigenvalue weighted by molar-refractivity contribution is -0.199. The molecule has 3 nitrogen and oxygen atoms in total. The molecule has 3 rings (SSSR count). The Kier molecular flexibility index (Phi) is 3.95. The maximum Gasteiger partial charge on any atom is 0.169 e. The Balaban J connectivity index is 1.68. The lowest BCUT2D eigenvalue weighted by Crippen LogP contribution is -2.34. The first-order chi connectivity index (χ1) is 8.31. The van der Waals surface area contributed by atoms with E-state index in [9.17, 15) is 0 Å². The van der Waals surface area contributed by atoms with E-state index in [0.717, 1.165) is 36.7 Å². The van der Waals surface area contributed by atoms with Crippen molar-refractivity contribution in [1.29, 1.82) is 0 Å². The summed E-state index contributed by atoms with van der Waals surface area (Å²) < 4.78 is 19.4. The van der Waals surface area contributed by atoms with Gasteiger partial charge in [-0.2, -0.15) is 0 Å². The highest BCUT2D eigenvalue weighted by Gasteiger charge is 2.48. The van der Waals surface area contributed by atoms with Crippen LogP contribution in [0.1, 0.15) is 44.9 Å². The lowest BCUT2D eigenvalue weighted by atomic mass is 9.94. The minimum atomic E-state index is -0.221. The molecule has 0 aromatic heterocycles. The van der Waals surface area contributed by atoms with Crippen LogP contribution in [-0.4, -0.2) is 35.1 Å². The highest BCUT2D eigenvalue weighted by atomic mass is 127. The minimum absolute atomic E-state index is 0.221. The van der Waals surface area contributed by atoms with E-state index in [-0.39, 0.29) is 18.0 Å². The summed E-state index contributed by atoms with van der Waals surface area (Å²) >= 11 is 2.40. The third-order valence-corrected chi connectivity index (χ3v) is 5.17. The van der Waals surface area contributed by atoms with Crippen LogP contribution in [0.4, 0.5) is 0 Å². The van der Waals surface area contributed by atoms with Crippen molar-refractivity contribution in [2.45, 2.75) is 69.0 Å². The van der Waals surface area contributed by atoms with Crippen molar-refractivity contribution >= 4 is 22.6 Å². The number of halogens is 1. The zero-order valence-corrected chi connectivity index (χ0v) is 12.4. The minimum Gasteiger partial charge on any atom is -0.377 e. The Morgan fingerprint density at radius 2 is 1.82 bits per heavy atom. The summed E-state index contributed by atoms with van der Waals surface area (Å²) in [6, 6.07) is 0. The summed E-state index contributed by atoms with van der Waals surface area (Å²) in [5, 5.41) is 0. The van der Waals surface area contributed by atoms with Gasteiger partial charge in [0, 0.05) is 30.3 Å². The molecule has 2 aliphatic heterocycles. The van der Waals surface area contributed by atoms with Crippen molar-refractivity contribution in [2.24, 2.45) is 0 Å². The molecule has 3 aliphatic rings. The molecule has 0 N–H and O–H groups in total. The van der Waals surface area contributed by atoms with Crippen LogP contribution in [0.15, 0.2) is 0 Å². The standard InChI is InChI=1S/C13H21IO3/c14-9-10-8-12-11(4-7-15-10)16-13(17-12)5-2-1-3-6-13/h10-12H,1-9H2. The van der Waals surface area contributed by atoms with Crippen LogP contribution in [0.3, 0.4) is 0 Å². The molecule has 1 aliphatic carbocycles. The van der Waals surface area contributed by atoms with E-state index in [0.29, 0.717) is 6.10 Å². The Morgan fingerprint density at radius 3 is 2.59 bits per heavy atom. The van der Waals surface area contributed by atoms with Gasteiger partial charge < -0.3 is 14.2 Å². The van der Waals surface area contributed by atoms with E-state index >= 15 is 0 Å². The SMILES string of the molecule is ICC1CC2OC3(CCCCC3)OC2CCO1. The lowest BCUT2D eigenvalue weighted by Gasteiger charge is -2.32. The van der Waals surface area contributed by atoms with Crippen molar-refractivity contribution in [1.82, 2.24) is 0 Å². The van der Waals surface area contributed by atoms with Gasteiger partial charge in [-0.1, -0.05) is 29.0 Å². The number of hydrogen-bond donors (Lipinski definition) is 0. The van der Waals surface area contributed by atoms with E-state index in [1.807, 2.05) is 0 Å². The molecule has 3 unspecified atom stereocenters. The van der Waals surface area contributed by atoms with Crippen LogP contribution in [0.5, 0.6) is 0 Å². The fourth-order valence-electron chi connectivity index (χ4n) is 3.29. The Hall–Kier alpha value is 0.610. The number of alkyl halides is 1. The molecule has 17 heavy (non-hydrogen) atoms. The molecule has 1 spiro atoms. The second kappa shape index (κ2) is 5.31. The number of fused-ring (bicyclic) bond motifs is 1. The predicted octanol–water partition coefficient (Wildman–Crippen LogP) is 3.04. The third kappa shape index (κ3) is 2.65. The Labute approximate surface area is 117 Å². The summed E-state index contributed by atoms with van der Waals surface area (Å²) in [4.78, 5) is 0. The summed E-state index contributed by atoms with van der Waals surface area (Å²) in [6.45, 7) is 0.828. The fraction of sp³-hybridized carbons (Fsp3) is 1.00. The van der Waals surface area contributed by atoms with Crippen molar-refractivity contribution < 1.29 is 14.2 Å². The first-order valence-electron chi connectivity index (χ1n) is 6.84. The molecule has 0 amide bonds. The molecule has 2 heterocycles. The second-order valence-electron chi connectivity index (χ2n) is 5.46. The first kappa shape index (κ1) is 12.6. The smallest absolute Gasteiger partial charge is 0.169 e. The van der Waals surface area contributed by atoms with Gasteiger partial charge in [0.05, 0.1) is 18.3 Å². The monoisotopic (exact) mass is 352 g/mol.